The largest absolute Gasteiger partial charge is 0.356 e. The number of nitrogens with zero attached hydrogens (tertiary/aromatic N) is 1. The molecule has 0 radical (unpaired) electrons. The smallest absolute Gasteiger partial charge is 0.220 e. The zero-order valence-electron chi connectivity index (χ0n) is 10.2. The molecule has 1 aromatic rings. The summed E-state index contributed by atoms with van der Waals surface area (Å²) < 4.78 is 0. The predicted molar refractivity (Wildman–Crippen MR) is 67.4 cm³/mol. The molecule has 1 aromatic carbocycles. The van der Waals surface area contributed by atoms with Crippen LogP contribution < -0.4 is 5.32 Å². The number of carbonyl (C=O) groups excluding carboxylic acids is 1. The van der Waals surface area contributed by atoms with E-state index in [-0.39, 0.29) is 5.91 Å². The number of hydrogen-bond acceptors (Lipinski definition) is 2. The van der Waals surface area contributed by atoms with E-state index in [1.54, 1.807) is 0 Å². The van der Waals surface area contributed by atoms with Crippen LogP contribution >= 0.6 is 0 Å². The quantitative estimate of drug-likeness (QED) is 0.763. The van der Waals surface area contributed by atoms with E-state index in [9.17, 15) is 4.79 Å². The van der Waals surface area contributed by atoms with Crippen LogP contribution in [0.15, 0.2) is 24.3 Å². The molecule has 17 heavy (non-hydrogen) atoms. The van der Waals surface area contributed by atoms with Crippen LogP contribution in [0.5, 0.6) is 0 Å². The lowest BCUT2D eigenvalue weighted by Gasteiger charge is -2.04. The molecule has 0 atom stereocenters. The Kier molecular flexibility index (Phi) is 5.81. The van der Waals surface area contributed by atoms with Crippen LogP contribution in [0.3, 0.4) is 0 Å². The summed E-state index contributed by atoms with van der Waals surface area (Å²) in [6.07, 6.45) is 2.50. The molecule has 1 N–H and O–H groups in total. The standard InChI is InChI=1S/C14H18N2O/c1-12-4-6-13(7-5-12)8-9-14(17)16-11-3-2-10-15/h4-7H,2-3,8-9,11H2,1H3,(H,16,17). The van der Waals surface area contributed by atoms with Crippen LogP contribution in [0, 0.1) is 18.3 Å². The second kappa shape index (κ2) is 7.45. The van der Waals surface area contributed by atoms with Crippen molar-refractivity contribution >= 4 is 5.91 Å². The van der Waals surface area contributed by atoms with E-state index in [1.165, 1.54) is 11.1 Å². The highest BCUT2D eigenvalue weighted by atomic mass is 16.1. The van der Waals surface area contributed by atoms with Gasteiger partial charge >= 0.3 is 0 Å². The number of benzene rings is 1. The highest BCUT2D eigenvalue weighted by Crippen LogP contribution is 2.05. The van der Waals surface area contributed by atoms with Crippen molar-refractivity contribution in [3.63, 3.8) is 0 Å². The van der Waals surface area contributed by atoms with Gasteiger partial charge in [0, 0.05) is 19.4 Å². The van der Waals surface area contributed by atoms with Crippen LogP contribution in [0.1, 0.15) is 30.4 Å². The third-order valence-corrected chi connectivity index (χ3v) is 2.55. The van der Waals surface area contributed by atoms with Crippen molar-refractivity contribution in [2.75, 3.05) is 6.54 Å². The normalized spacial score (nSPS) is 9.65. The van der Waals surface area contributed by atoms with Gasteiger partial charge in [0.2, 0.25) is 5.91 Å². The first-order chi connectivity index (χ1) is 8.22. The zero-order valence-corrected chi connectivity index (χ0v) is 10.2. The SMILES string of the molecule is Cc1ccc(CCC(=O)NCCCC#N)cc1. The molecule has 0 bridgehead atoms. The molecule has 3 heteroatoms. The fraction of sp³-hybridized carbons (Fsp3) is 0.429. The number of rotatable bonds is 6. The fourth-order valence-electron chi connectivity index (χ4n) is 1.50. The van der Waals surface area contributed by atoms with E-state index in [1.807, 2.05) is 6.92 Å². The van der Waals surface area contributed by atoms with Gasteiger partial charge < -0.3 is 5.32 Å². The molecule has 0 aliphatic carbocycles. The van der Waals surface area contributed by atoms with Crippen LogP contribution in [0.2, 0.25) is 0 Å². The first-order valence-electron chi connectivity index (χ1n) is 5.91. The van der Waals surface area contributed by atoms with Crippen molar-refractivity contribution in [1.82, 2.24) is 5.32 Å². The maximum Gasteiger partial charge on any atom is 0.220 e. The topological polar surface area (TPSA) is 52.9 Å². The molecule has 0 heterocycles. The Hall–Kier alpha value is -1.82. The summed E-state index contributed by atoms with van der Waals surface area (Å²) in [6, 6.07) is 10.3. The Morgan fingerprint density at radius 1 is 1.35 bits per heavy atom. The molecule has 0 fully saturated rings. The van der Waals surface area contributed by atoms with Crippen molar-refractivity contribution in [2.24, 2.45) is 0 Å². The van der Waals surface area contributed by atoms with Crippen LogP contribution in [0.4, 0.5) is 0 Å². The molecule has 3 nitrogen and oxygen atoms in total. The summed E-state index contributed by atoms with van der Waals surface area (Å²) in [5, 5.41) is 11.2. The molecule has 0 unspecified atom stereocenters. The van der Waals surface area contributed by atoms with Crippen LogP contribution in [-0.2, 0) is 11.2 Å². The average molecular weight is 230 g/mol. The van der Waals surface area contributed by atoms with Gasteiger partial charge in [0.15, 0.2) is 0 Å². The second-order valence-electron chi connectivity index (χ2n) is 4.10. The zero-order chi connectivity index (χ0) is 12.5. The summed E-state index contributed by atoms with van der Waals surface area (Å²) in [6.45, 7) is 2.64. The van der Waals surface area contributed by atoms with Gasteiger partial charge in [-0.3, -0.25) is 4.79 Å². The first-order valence-corrected chi connectivity index (χ1v) is 5.91. The number of nitriles is 1. The van der Waals surface area contributed by atoms with E-state index in [2.05, 4.69) is 35.7 Å². The van der Waals surface area contributed by atoms with Crippen molar-refractivity contribution in [3.8, 4) is 6.07 Å². The summed E-state index contributed by atoms with van der Waals surface area (Å²) in [4.78, 5) is 11.5. The third-order valence-electron chi connectivity index (χ3n) is 2.55. The molecule has 0 saturated carbocycles. The first kappa shape index (κ1) is 13.2. The lowest BCUT2D eigenvalue weighted by Crippen LogP contribution is -2.24. The van der Waals surface area contributed by atoms with Gasteiger partial charge in [-0.1, -0.05) is 29.8 Å². The van der Waals surface area contributed by atoms with Crippen LogP contribution in [-0.4, -0.2) is 12.5 Å². The lowest BCUT2D eigenvalue weighted by atomic mass is 10.1. The molecule has 1 amide bonds. The Balaban J connectivity index is 2.19. The van der Waals surface area contributed by atoms with Crippen molar-refractivity contribution in [3.05, 3.63) is 35.4 Å². The van der Waals surface area contributed by atoms with Gasteiger partial charge in [0.05, 0.1) is 6.07 Å². The molecule has 0 aliphatic rings. The Morgan fingerprint density at radius 2 is 2.06 bits per heavy atom. The molecule has 0 saturated heterocycles. The molecule has 1 rings (SSSR count). The molecule has 0 aromatic heterocycles. The monoisotopic (exact) mass is 230 g/mol. The van der Waals surface area contributed by atoms with E-state index < -0.39 is 0 Å². The maximum absolute atomic E-state index is 11.5. The Labute approximate surface area is 102 Å². The van der Waals surface area contributed by atoms with Crippen molar-refractivity contribution in [2.45, 2.75) is 32.6 Å². The number of hydrogen-bond donors (Lipinski definition) is 1. The van der Waals surface area contributed by atoms with Crippen molar-refractivity contribution < 1.29 is 4.79 Å². The van der Waals surface area contributed by atoms with Gasteiger partial charge in [-0.25, -0.2) is 0 Å². The summed E-state index contributed by atoms with van der Waals surface area (Å²) in [5.74, 6) is 0.0588. The molecule has 0 aliphatic heterocycles. The highest BCUT2D eigenvalue weighted by Gasteiger charge is 2.01. The number of nitrogens with one attached hydrogen (secondary N) is 1. The van der Waals surface area contributed by atoms with Crippen LogP contribution in [0.25, 0.3) is 0 Å². The minimum atomic E-state index is 0.0588. The predicted octanol–water partition coefficient (Wildman–Crippen LogP) is 2.35. The second-order valence-corrected chi connectivity index (χ2v) is 4.10. The maximum atomic E-state index is 11.5. The summed E-state index contributed by atoms with van der Waals surface area (Å²) in [7, 11) is 0. The van der Waals surface area contributed by atoms with Gasteiger partial charge in [-0.2, -0.15) is 5.26 Å². The summed E-state index contributed by atoms with van der Waals surface area (Å²) >= 11 is 0. The number of unbranched alkanes of at least 4 members (excludes halogenated alkanes) is 1. The minimum Gasteiger partial charge on any atom is -0.356 e. The highest BCUT2D eigenvalue weighted by molar-refractivity contribution is 5.76. The van der Waals surface area contributed by atoms with Gasteiger partial charge in [0.1, 0.15) is 0 Å². The summed E-state index contributed by atoms with van der Waals surface area (Å²) in [5.41, 5.74) is 2.41. The minimum absolute atomic E-state index is 0.0588. The van der Waals surface area contributed by atoms with Gasteiger partial charge in [0.25, 0.3) is 0 Å². The van der Waals surface area contributed by atoms with E-state index >= 15 is 0 Å². The van der Waals surface area contributed by atoms with E-state index in [0.29, 0.717) is 19.4 Å². The average Bonchev–Trinajstić information content (AvgIpc) is 2.34. The van der Waals surface area contributed by atoms with Crippen molar-refractivity contribution in [1.29, 1.82) is 5.26 Å². The Morgan fingerprint density at radius 3 is 2.71 bits per heavy atom. The number of aryl methyl sites for hydroxylation is 2. The fourth-order valence-corrected chi connectivity index (χ4v) is 1.50. The van der Waals surface area contributed by atoms with E-state index in [0.717, 1.165) is 12.8 Å². The van der Waals surface area contributed by atoms with E-state index in [4.69, 9.17) is 5.26 Å². The number of amides is 1. The third kappa shape index (κ3) is 5.72. The molecule has 90 valence electrons. The molecular formula is C14H18N2O. The molecular weight excluding hydrogens is 212 g/mol. The van der Waals surface area contributed by atoms with Gasteiger partial charge in [-0.05, 0) is 25.3 Å². The Bertz CT molecular complexity index is 390. The molecule has 0 spiro atoms. The van der Waals surface area contributed by atoms with Gasteiger partial charge in [-0.15, -0.1) is 0 Å². The number of carbonyl (C=O) groups is 1. The lowest BCUT2D eigenvalue weighted by molar-refractivity contribution is -0.121.